The van der Waals surface area contributed by atoms with Gasteiger partial charge < -0.3 is 14.6 Å². The molecule has 1 N–H and O–H groups in total. The second-order valence-electron chi connectivity index (χ2n) is 3.88. The van der Waals surface area contributed by atoms with Crippen LogP contribution in [0.5, 0.6) is 17.2 Å². The average molecular weight is 245 g/mol. The van der Waals surface area contributed by atoms with E-state index in [4.69, 9.17) is 9.47 Å². The van der Waals surface area contributed by atoms with Crippen LogP contribution in [0.15, 0.2) is 42.6 Å². The first-order chi connectivity index (χ1) is 8.69. The van der Waals surface area contributed by atoms with Crippen LogP contribution in [0.2, 0.25) is 0 Å². The molecule has 0 aliphatic carbocycles. The third kappa shape index (κ3) is 2.99. The molecule has 1 heterocycles. The molecule has 4 heteroatoms. The van der Waals surface area contributed by atoms with E-state index >= 15 is 0 Å². The molecule has 0 spiro atoms. The Kier molecular flexibility index (Phi) is 3.79. The van der Waals surface area contributed by atoms with Crippen molar-refractivity contribution in [3.05, 3.63) is 48.3 Å². The van der Waals surface area contributed by atoms with Gasteiger partial charge >= 0.3 is 0 Å². The van der Waals surface area contributed by atoms with E-state index in [2.05, 4.69) is 4.98 Å². The van der Waals surface area contributed by atoms with Gasteiger partial charge in [-0.25, -0.2) is 0 Å². The van der Waals surface area contributed by atoms with E-state index in [9.17, 15) is 5.11 Å². The highest BCUT2D eigenvalue weighted by molar-refractivity contribution is 5.36. The molecular weight excluding hydrogens is 230 g/mol. The van der Waals surface area contributed by atoms with Gasteiger partial charge in [0.05, 0.1) is 25.1 Å². The Balaban J connectivity index is 2.13. The highest BCUT2D eigenvalue weighted by Crippen LogP contribution is 2.25. The van der Waals surface area contributed by atoms with E-state index in [1.165, 1.54) is 0 Å². The third-order valence-corrected chi connectivity index (χ3v) is 2.46. The number of aliphatic hydroxyl groups excluding tert-OH is 1. The fourth-order valence-corrected chi connectivity index (χ4v) is 1.50. The van der Waals surface area contributed by atoms with Crippen molar-refractivity contribution < 1.29 is 14.6 Å². The van der Waals surface area contributed by atoms with Crippen LogP contribution in [-0.4, -0.2) is 17.2 Å². The van der Waals surface area contributed by atoms with Crippen LogP contribution in [-0.2, 0) is 0 Å². The van der Waals surface area contributed by atoms with Crippen LogP contribution in [0.1, 0.15) is 18.7 Å². The Morgan fingerprint density at radius 2 is 1.89 bits per heavy atom. The first-order valence-electron chi connectivity index (χ1n) is 5.65. The Labute approximate surface area is 106 Å². The largest absolute Gasteiger partial charge is 0.497 e. The second-order valence-corrected chi connectivity index (χ2v) is 3.88. The summed E-state index contributed by atoms with van der Waals surface area (Å²) in [5, 5.41) is 9.35. The fourth-order valence-electron chi connectivity index (χ4n) is 1.50. The van der Waals surface area contributed by atoms with Gasteiger partial charge in [-0.1, -0.05) is 6.07 Å². The SMILES string of the molecule is COc1cccc(Oc2ccc([C@H](C)O)nc2)c1. The predicted molar refractivity (Wildman–Crippen MR) is 67.9 cm³/mol. The first-order valence-corrected chi connectivity index (χ1v) is 5.65. The number of nitrogens with zero attached hydrogens (tertiary/aromatic N) is 1. The Morgan fingerprint density at radius 1 is 1.11 bits per heavy atom. The molecule has 0 amide bonds. The summed E-state index contributed by atoms with van der Waals surface area (Å²) in [4.78, 5) is 4.11. The number of aliphatic hydroxyl groups is 1. The van der Waals surface area contributed by atoms with E-state index in [1.807, 2.05) is 18.2 Å². The molecule has 0 bridgehead atoms. The molecule has 1 aromatic carbocycles. The minimum Gasteiger partial charge on any atom is -0.497 e. The maximum atomic E-state index is 9.35. The average Bonchev–Trinajstić information content (AvgIpc) is 2.39. The maximum Gasteiger partial charge on any atom is 0.145 e. The molecule has 94 valence electrons. The third-order valence-electron chi connectivity index (χ3n) is 2.46. The van der Waals surface area contributed by atoms with E-state index in [0.29, 0.717) is 17.2 Å². The van der Waals surface area contributed by atoms with Gasteiger partial charge in [0.25, 0.3) is 0 Å². The monoisotopic (exact) mass is 245 g/mol. The van der Waals surface area contributed by atoms with Gasteiger partial charge in [0.1, 0.15) is 17.2 Å². The highest BCUT2D eigenvalue weighted by Gasteiger charge is 2.03. The van der Waals surface area contributed by atoms with Gasteiger partial charge in [-0.15, -0.1) is 0 Å². The second kappa shape index (κ2) is 5.51. The van der Waals surface area contributed by atoms with Crippen molar-refractivity contribution in [1.29, 1.82) is 0 Å². The number of benzene rings is 1. The molecule has 1 atom stereocenters. The Hall–Kier alpha value is -2.07. The van der Waals surface area contributed by atoms with Crippen LogP contribution in [0.3, 0.4) is 0 Å². The lowest BCUT2D eigenvalue weighted by molar-refractivity contribution is 0.194. The minimum atomic E-state index is -0.573. The molecule has 4 nitrogen and oxygen atoms in total. The normalized spacial score (nSPS) is 11.9. The first kappa shape index (κ1) is 12.4. The van der Waals surface area contributed by atoms with Crippen molar-refractivity contribution in [3.8, 4) is 17.2 Å². The number of pyridine rings is 1. The van der Waals surface area contributed by atoms with Crippen molar-refractivity contribution in [2.45, 2.75) is 13.0 Å². The zero-order valence-corrected chi connectivity index (χ0v) is 10.3. The number of ether oxygens (including phenoxy) is 2. The smallest absolute Gasteiger partial charge is 0.145 e. The summed E-state index contributed by atoms with van der Waals surface area (Å²) in [5.41, 5.74) is 0.619. The van der Waals surface area contributed by atoms with Gasteiger partial charge in [-0.2, -0.15) is 0 Å². The topological polar surface area (TPSA) is 51.6 Å². The molecule has 0 fully saturated rings. The number of methoxy groups -OCH3 is 1. The van der Waals surface area contributed by atoms with E-state index in [1.54, 1.807) is 38.4 Å². The zero-order chi connectivity index (χ0) is 13.0. The standard InChI is InChI=1S/C14H15NO3/c1-10(16)14-7-6-13(9-15-14)18-12-5-3-4-11(8-12)17-2/h3-10,16H,1-2H3/t10-/m0/s1. The van der Waals surface area contributed by atoms with Crippen LogP contribution in [0.4, 0.5) is 0 Å². The molecule has 1 aromatic heterocycles. The van der Waals surface area contributed by atoms with Gasteiger partial charge in [-0.05, 0) is 31.2 Å². The lowest BCUT2D eigenvalue weighted by Crippen LogP contribution is -1.95. The number of hydrogen-bond acceptors (Lipinski definition) is 4. The molecule has 2 rings (SSSR count). The van der Waals surface area contributed by atoms with E-state index in [-0.39, 0.29) is 0 Å². The molecule has 18 heavy (non-hydrogen) atoms. The van der Waals surface area contributed by atoms with Crippen LogP contribution >= 0.6 is 0 Å². The van der Waals surface area contributed by atoms with Crippen LogP contribution < -0.4 is 9.47 Å². The molecule has 0 aliphatic heterocycles. The lowest BCUT2D eigenvalue weighted by atomic mass is 10.2. The molecule has 0 radical (unpaired) electrons. The van der Waals surface area contributed by atoms with Crippen molar-refractivity contribution in [3.63, 3.8) is 0 Å². The minimum absolute atomic E-state index is 0.573. The molecule has 0 saturated heterocycles. The summed E-state index contributed by atoms with van der Waals surface area (Å²) in [6.45, 7) is 1.67. The van der Waals surface area contributed by atoms with Gasteiger partial charge in [-0.3, -0.25) is 4.98 Å². The van der Waals surface area contributed by atoms with Crippen molar-refractivity contribution in [1.82, 2.24) is 4.98 Å². The summed E-state index contributed by atoms with van der Waals surface area (Å²) in [6.07, 6.45) is 1.01. The molecule has 0 unspecified atom stereocenters. The van der Waals surface area contributed by atoms with Crippen LogP contribution in [0.25, 0.3) is 0 Å². The zero-order valence-electron chi connectivity index (χ0n) is 10.3. The maximum absolute atomic E-state index is 9.35. The van der Waals surface area contributed by atoms with E-state index < -0.39 is 6.10 Å². The summed E-state index contributed by atoms with van der Waals surface area (Å²) < 4.78 is 10.7. The summed E-state index contributed by atoms with van der Waals surface area (Å²) in [7, 11) is 1.61. The number of rotatable bonds is 4. The molecule has 2 aromatic rings. The summed E-state index contributed by atoms with van der Waals surface area (Å²) in [5.74, 6) is 2.04. The highest BCUT2D eigenvalue weighted by atomic mass is 16.5. The van der Waals surface area contributed by atoms with E-state index in [0.717, 1.165) is 5.75 Å². The quantitative estimate of drug-likeness (QED) is 0.899. The lowest BCUT2D eigenvalue weighted by Gasteiger charge is -2.08. The molecule has 0 aliphatic rings. The van der Waals surface area contributed by atoms with Crippen LogP contribution in [0, 0.1) is 0 Å². The molecular formula is C14H15NO3. The summed E-state index contributed by atoms with van der Waals surface area (Å²) >= 11 is 0. The molecule has 0 saturated carbocycles. The Morgan fingerprint density at radius 3 is 2.50 bits per heavy atom. The van der Waals surface area contributed by atoms with Gasteiger partial charge in [0, 0.05) is 6.07 Å². The predicted octanol–water partition coefficient (Wildman–Crippen LogP) is 2.94. The van der Waals surface area contributed by atoms with Crippen molar-refractivity contribution in [2.24, 2.45) is 0 Å². The number of aromatic nitrogens is 1. The van der Waals surface area contributed by atoms with Crippen molar-refractivity contribution in [2.75, 3.05) is 7.11 Å². The van der Waals surface area contributed by atoms with Crippen molar-refractivity contribution >= 4 is 0 Å². The Bertz CT molecular complexity index is 509. The van der Waals surface area contributed by atoms with Gasteiger partial charge in [0.2, 0.25) is 0 Å². The van der Waals surface area contributed by atoms with Gasteiger partial charge in [0.15, 0.2) is 0 Å². The number of hydrogen-bond donors (Lipinski definition) is 1. The fraction of sp³-hybridized carbons (Fsp3) is 0.214. The summed E-state index contributed by atoms with van der Waals surface area (Å²) in [6, 6.07) is 10.8.